The number of halogens is 1. The van der Waals surface area contributed by atoms with Crippen molar-refractivity contribution in [1.29, 1.82) is 0 Å². The van der Waals surface area contributed by atoms with Crippen LogP contribution >= 0.6 is 11.8 Å². The van der Waals surface area contributed by atoms with Crippen molar-refractivity contribution in [2.75, 3.05) is 18.8 Å². The van der Waals surface area contributed by atoms with Crippen LogP contribution in [0.5, 0.6) is 0 Å². The fraction of sp³-hybridized carbons (Fsp3) is 0.412. The highest BCUT2D eigenvalue weighted by Gasteiger charge is 2.19. The van der Waals surface area contributed by atoms with E-state index in [0.29, 0.717) is 17.4 Å². The molecule has 8 nitrogen and oxygen atoms in total. The molecule has 10 heteroatoms. The average molecular weight is 392 g/mol. The number of primary amides is 1. The number of rotatable bonds is 6. The maximum Gasteiger partial charge on any atom is 0.318 e. The number of nitrogens with two attached hydrogens (primary N) is 1. The predicted molar refractivity (Wildman–Crippen MR) is 98.9 cm³/mol. The summed E-state index contributed by atoms with van der Waals surface area (Å²) in [6.45, 7) is 2.62. The highest BCUT2D eigenvalue weighted by molar-refractivity contribution is 7.99. The Morgan fingerprint density at radius 3 is 2.52 bits per heavy atom. The Morgan fingerprint density at radius 2 is 1.85 bits per heavy atom. The number of benzene rings is 1. The number of imide groups is 1. The van der Waals surface area contributed by atoms with E-state index >= 15 is 0 Å². The summed E-state index contributed by atoms with van der Waals surface area (Å²) in [5, 5.41) is 11.0. The number of hydrogen-bond donors (Lipinski definition) is 2. The van der Waals surface area contributed by atoms with Crippen LogP contribution in [-0.2, 0) is 11.3 Å². The van der Waals surface area contributed by atoms with Gasteiger partial charge in [-0.15, -0.1) is 10.2 Å². The zero-order chi connectivity index (χ0) is 19.2. The molecular formula is C17H21FN6O2S. The van der Waals surface area contributed by atoms with Crippen LogP contribution in [0.25, 0.3) is 5.69 Å². The van der Waals surface area contributed by atoms with E-state index in [1.54, 1.807) is 12.1 Å². The number of carbonyl (C=O) groups is 2. The maximum absolute atomic E-state index is 13.3. The third kappa shape index (κ3) is 5.27. The van der Waals surface area contributed by atoms with Gasteiger partial charge in [0.25, 0.3) is 0 Å². The average Bonchev–Trinajstić information content (AvgIpc) is 3.03. The van der Waals surface area contributed by atoms with E-state index in [9.17, 15) is 14.0 Å². The van der Waals surface area contributed by atoms with Crippen molar-refractivity contribution in [1.82, 2.24) is 25.0 Å². The second-order valence-electron chi connectivity index (χ2n) is 6.25. The molecule has 2 aromatic rings. The summed E-state index contributed by atoms with van der Waals surface area (Å²) in [6, 6.07) is 5.13. The van der Waals surface area contributed by atoms with Crippen molar-refractivity contribution in [3.8, 4) is 5.69 Å². The molecule has 1 saturated heterocycles. The Balaban J connectivity index is 1.82. The molecule has 1 fully saturated rings. The van der Waals surface area contributed by atoms with E-state index in [1.165, 1.54) is 18.6 Å². The van der Waals surface area contributed by atoms with E-state index in [0.717, 1.165) is 43.5 Å². The van der Waals surface area contributed by atoms with Crippen LogP contribution < -0.4 is 11.1 Å². The van der Waals surface area contributed by atoms with Crippen molar-refractivity contribution in [3.63, 3.8) is 0 Å². The summed E-state index contributed by atoms with van der Waals surface area (Å²) in [7, 11) is 0. The Morgan fingerprint density at radius 1 is 1.15 bits per heavy atom. The number of amides is 3. The molecule has 3 amide bonds. The van der Waals surface area contributed by atoms with Gasteiger partial charge < -0.3 is 5.73 Å². The Bertz CT molecular complexity index is 804. The van der Waals surface area contributed by atoms with Gasteiger partial charge in [0, 0.05) is 5.69 Å². The number of hydrogen-bond acceptors (Lipinski definition) is 6. The van der Waals surface area contributed by atoms with Gasteiger partial charge in [0.1, 0.15) is 5.82 Å². The third-order valence-corrected chi connectivity index (χ3v) is 5.12. The molecule has 1 aromatic carbocycles. The highest BCUT2D eigenvalue weighted by Crippen LogP contribution is 2.24. The van der Waals surface area contributed by atoms with Gasteiger partial charge in [0.15, 0.2) is 11.0 Å². The number of piperidine rings is 1. The normalized spacial score (nSPS) is 14.9. The van der Waals surface area contributed by atoms with Crippen molar-refractivity contribution in [2.24, 2.45) is 5.73 Å². The van der Waals surface area contributed by atoms with E-state index < -0.39 is 11.9 Å². The third-order valence-electron chi connectivity index (χ3n) is 4.19. The fourth-order valence-electron chi connectivity index (χ4n) is 2.97. The molecule has 1 aliphatic heterocycles. The van der Waals surface area contributed by atoms with E-state index in [4.69, 9.17) is 5.73 Å². The fourth-order valence-corrected chi connectivity index (χ4v) is 3.74. The Hall–Kier alpha value is -2.46. The molecule has 1 aromatic heterocycles. The lowest BCUT2D eigenvalue weighted by Gasteiger charge is -2.26. The molecule has 0 atom stereocenters. The molecule has 0 saturated carbocycles. The number of nitrogens with one attached hydrogen (secondary N) is 1. The molecule has 0 bridgehead atoms. The first-order chi connectivity index (χ1) is 13.0. The Kier molecular flexibility index (Phi) is 6.40. The van der Waals surface area contributed by atoms with Gasteiger partial charge in [-0.2, -0.15) is 0 Å². The minimum atomic E-state index is -0.897. The number of carbonyl (C=O) groups excluding carboxylic acids is 2. The molecular weight excluding hydrogens is 371 g/mol. The van der Waals surface area contributed by atoms with Crippen molar-refractivity contribution >= 4 is 23.7 Å². The van der Waals surface area contributed by atoms with Crippen LogP contribution in [0.2, 0.25) is 0 Å². The highest BCUT2D eigenvalue weighted by atomic mass is 32.2. The lowest BCUT2D eigenvalue weighted by Crippen LogP contribution is -2.36. The maximum atomic E-state index is 13.3. The van der Waals surface area contributed by atoms with Crippen molar-refractivity contribution in [3.05, 3.63) is 35.9 Å². The van der Waals surface area contributed by atoms with Crippen molar-refractivity contribution in [2.45, 2.75) is 31.0 Å². The first kappa shape index (κ1) is 19.3. The summed E-state index contributed by atoms with van der Waals surface area (Å²) in [6.07, 6.45) is 3.54. The molecule has 2 heterocycles. The molecule has 3 rings (SSSR count). The predicted octanol–water partition coefficient (Wildman–Crippen LogP) is 1.68. The number of aromatic nitrogens is 3. The lowest BCUT2D eigenvalue weighted by molar-refractivity contribution is -0.117. The van der Waals surface area contributed by atoms with Gasteiger partial charge in [-0.1, -0.05) is 18.2 Å². The molecule has 27 heavy (non-hydrogen) atoms. The molecule has 0 aliphatic carbocycles. The van der Waals surface area contributed by atoms with Crippen molar-refractivity contribution < 1.29 is 14.0 Å². The number of likely N-dealkylation sites (tertiary alicyclic amines) is 1. The molecule has 0 spiro atoms. The Labute approximate surface area is 160 Å². The molecule has 144 valence electrons. The van der Waals surface area contributed by atoms with E-state index in [2.05, 4.69) is 15.1 Å². The molecule has 3 N–H and O–H groups in total. The minimum Gasteiger partial charge on any atom is -0.351 e. The summed E-state index contributed by atoms with van der Waals surface area (Å²) in [5.74, 6) is -0.161. The van der Waals surface area contributed by atoms with Crippen LogP contribution in [0.1, 0.15) is 25.1 Å². The van der Waals surface area contributed by atoms with Crippen LogP contribution in [0, 0.1) is 5.82 Å². The molecule has 0 radical (unpaired) electrons. The lowest BCUT2D eigenvalue weighted by atomic mass is 10.1. The van der Waals surface area contributed by atoms with Gasteiger partial charge in [-0.25, -0.2) is 9.18 Å². The molecule has 1 aliphatic rings. The largest absolute Gasteiger partial charge is 0.351 e. The summed E-state index contributed by atoms with van der Waals surface area (Å²) < 4.78 is 15.1. The summed E-state index contributed by atoms with van der Waals surface area (Å²) >= 11 is 1.14. The van der Waals surface area contributed by atoms with Gasteiger partial charge in [-0.3, -0.25) is 19.6 Å². The SMILES string of the molecule is NC(=O)NC(=O)CSc1nnc(CN2CCCCC2)n1-c1ccc(F)cc1. The second-order valence-corrected chi connectivity index (χ2v) is 7.19. The van der Waals surface area contributed by atoms with Crippen LogP contribution in [0.3, 0.4) is 0 Å². The van der Waals surface area contributed by atoms with Crippen LogP contribution in [0.15, 0.2) is 29.4 Å². The monoisotopic (exact) mass is 392 g/mol. The molecule has 0 unspecified atom stereocenters. The summed E-state index contributed by atoms with van der Waals surface area (Å²) in [5.41, 5.74) is 5.67. The van der Waals surface area contributed by atoms with E-state index in [-0.39, 0.29) is 11.6 Å². The first-order valence-electron chi connectivity index (χ1n) is 8.67. The number of thioether (sulfide) groups is 1. The first-order valence-corrected chi connectivity index (χ1v) is 9.66. The number of nitrogens with zero attached hydrogens (tertiary/aromatic N) is 4. The number of urea groups is 1. The zero-order valence-electron chi connectivity index (χ0n) is 14.7. The summed E-state index contributed by atoms with van der Waals surface area (Å²) in [4.78, 5) is 24.8. The topological polar surface area (TPSA) is 106 Å². The second kappa shape index (κ2) is 8.96. The van der Waals surface area contributed by atoms with Gasteiger partial charge in [0.2, 0.25) is 5.91 Å². The smallest absolute Gasteiger partial charge is 0.318 e. The van der Waals surface area contributed by atoms with Gasteiger partial charge >= 0.3 is 6.03 Å². The van der Waals surface area contributed by atoms with Crippen LogP contribution in [-0.4, -0.2) is 50.4 Å². The van der Waals surface area contributed by atoms with Crippen LogP contribution in [0.4, 0.5) is 9.18 Å². The quantitative estimate of drug-likeness (QED) is 0.725. The van der Waals surface area contributed by atoms with Gasteiger partial charge in [-0.05, 0) is 50.2 Å². The minimum absolute atomic E-state index is 0.0357. The van der Waals surface area contributed by atoms with E-state index in [1.807, 2.05) is 9.88 Å². The van der Waals surface area contributed by atoms with Gasteiger partial charge in [0.05, 0.1) is 12.3 Å². The standard InChI is InChI=1S/C17H21FN6O2S/c18-12-4-6-13(7-5-12)24-14(10-23-8-2-1-3-9-23)21-22-17(24)27-11-15(25)20-16(19)26/h4-7H,1-3,8-11H2,(H3,19,20,25,26). The zero-order valence-corrected chi connectivity index (χ0v) is 15.5.